The minimum Gasteiger partial charge on any atom is -0.326 e. The van der Waals surface area contributed by atoms with Crippen LogP contribution in [0, 0.1) is 0 Å². The van der Waals surface area contributed by atoms with E-state index in [0.29, 0.717) is 5.69 Å². The van der Waals surface area contributed by atoms with Crippen LogP contribution in [0.15, 0.2) is 35.8 Å². The van der Waals surface area contributed by atoms with Gasteiger partial charge in [-0.1, -0.05) is 0 Å². The van der Waals surface area contributed by atoms with Gasteiger partial charge in [0.25, 0.3) is 5.56 Å². The summed E-state index contributed by atoms with van der Waals surface area (Å²) in [6.45, 7) is 0. The van der Waals surface area contributed by atoms with Crippen molar-refractivity contribution >= 4 is 0 Å². The topological polar surface area (TPSA) is 71.5 Å². The fourth-order valence-corrected chi connectivity index (χ4v) is 0.956. The Labute approximate surface area is 73.5 Å². The monoisotopic (exact) mass is 174 g/mol. The Morgan fingerprint density at radius 2 is 2.08 bits per heavy atom. The summed E-state index contributed by atoms with van der Waals surface area (Å²) in [7, 11) is 0. The fourth-order valence-electron chi connectivity index (χ4n) is 0.956. The van der Waals surface area contributed by atoms with Gasteiger partial charge in [-0.25, -0.2) is 4.98 Å². The van der Waals surface area contributed by atoms with Crippen LogP contribution in [0.3, 0.4) is 0 Å². The fraction of sp³-hybridized carbons (Fsp3) is 0. The molecule has 0 radical (unpaired) electrons. The van der Waals surface area contributed by atoms with Crippen LogP contribution in [-0.2, 0) is 0 Å². The lowest BCUT2D eigenvalue weighted by molar-refractivity contribution is 1.10. The molecule has 0 atom stereocenters. The Morgan fingerprint density at radius 1 is 1.15 bits per heavy atom. The predicted octanol–water partition coefficient (Wildman–Crippen LogP) is 0.227. The average molecular weight is 174 g/mol. The van der Waals surface area contributed by atoms with Crippen LogP contribution in [0.5, 0.6) is 0 Å². The zero-order valence-electron chi connectivity index (χ0n) is 6.64. The van der Waals surface area contributed by atoms with Crippen LogP contribution >= 0.6 is 0 Å². The minimum absolute atomic E-state index is 0.261. The molecule has 0 aliphatic carbocycles. The number of H-pyrrole nitrogens is 1. The van der Waals surface area contributed by atoms with E-state index in [-0.39, 0.29) is 11.3 Å². The number of nitrogens with one attached hydrogen (secondary N) is 1. The van der Waals surface area contributed by atoms with Crippen molar-refractivity contribution in [2.75, 3.05) is 0 Å². The first-order chi connectivity index (χ1) is 6.38. The molecule has 2 rings (SSSR count). The molecule has 0 saturated carbocycles. The third kappa shape index (κ3) is 1.44. The maximum atomic E-state index is 11.2. The van der Waals surface area contributed by atoms with Crippen molar-refractivity contribution in [1.29, 1.82) is 0 Å². The van der Waals surface area contributed by atoms with E-state index in [1.807, 2.05) is 0 Å². The Balaban J connectivity index is 2.60. The maximum Gasteiger partial charge on any atom is 0.276 e. The first-order valence-corrected chi connectivity index (χ1v) is 3.68. The second-order valence-electron chi connectivity index (χ2n) is 2.36. The van der Waals surface area contributed by atoms with Crippen LogP contribution < -0.4 is 5.56 Å². The third-order valence-corrected chi connectivity index (χ3v) is 1.51. The van der Waals surface area contributed by atoms with E-state index < -0.39 is 0 Å². The van der Waals surface area contributed by atoms with Crippen LogP contribution in [0.4, 0.5) is 0 Å². The highest BCUT2D eigenvalue weighted by molar-refractivity contribution is 5.49. The van der Waals surface area contributed by atoms with E-state index in [1.165, 1.54) is 24.8 Å². The first-order valence-electron chi connectivity index (χ1n) is 3.68. The number of nitrogens with zero attached hydrogens (tertiary/aromatic N) is 3. The maximum absolute atomic E-state index is 11.2. The molecule has 2 aromatic heterocycles. The molecule has 0 aliphatic heterocycles. The highest BCUT2D eigenvalue weighted by Gasteiger charge is 2.03. The molecule has 2 heterocycles. The molecule has 0 aliphatic rings. The van der Waals surface area contributed by atoms with Gasteiger partial charge in [0.05, 0.1) is 6.20 Å². The Kier molecular flexibility index (Phi) is 1.84. The van der Waals surface area contributed by atoms with Gasteiger partial charge in [0.1, 0.15) is 5.69 Å². The molecule has 1 N–H and O–H groups in total. The van der Waals surface area contributed by atoms with Crippen LogP contribution in [-0.4, -0.2) is 19.9 Å². The molecule has 5 nitrogen and oxygen atoms in total. The second kappa shape index (κ2) is 3.14. The lowest BCUT2D eigenvalue weighted by Gasteiger charge is -1.94. The van der Waals surface area contributed by atoms with Crippen molar-refractivity contribution < 1.29 is 0 Å². The van der Waals surface area contributed by atoms with Gasteiger partial charge in [-0.3, -0.25) is 14.8 Å². The standard InChI is InChI=1S/C8H6N4O/c13-8-7(11-3-4-12-8)6-5-9-1-2-10-6/h1-5H,(H,12,13). The molecular weight excluding hydrogens is 168 g/mol. The SMILES string of the molecule is O=c1[nH]ccnc1-c1cnccn1. The summed E-state index contributed by atoms with van der Waals surface area (Å²) in [4.78, 5) is 25.5. The zero-order valence-corrected chi connectivity index (χ0v) is 6.64. The Bertz CT molecular complexity index is 451. The summed E-state index contributed by atoms with van der Waals surface area (Å²) < 4.78 is 0. The van der Waals surface area contributed by atoms with Crippen molar-refractivity contribution in [2.24, 2.45) is 0 Å². The molecule has 0 unspecified atom stereocenters. The molecule has 0 spiro atoms. The zero-order chi connectivity index (χ0) is 9.10. The van der Waals surface area contributed by atoms with Crippen molar-refractivity contribution in [3.05, 3.63) is 41.3 Å². The molecule has 0 saturated heterocycles. The van der Waals surface area contributed by atoms with Gasteiger partial charge in [-0.15, -0.1) is 0 Å². The summed E-state index contributed by atoms with van der Waals surface area (Å²) >= 11 is 0. The Hall–Kier alpha value is -2.04. The van der Waals surface area contributed by atoms with Gasteiger partial charge in [0.15, 0.2) is 5.69 Å². The largest absolute Gasteiger partial charge is 0.326 e. The molecule has 0 amide bonds. The van der Waals surface area contributed by atoms with Gasteiger partial charge < -0.3 is 4.98 Å². The molecule has 2 aromatic rings. The van der Waals surface area contributed by atoms with E-state index in [0.717, 1.165) is 0 Å². The smallest absolute Gasteiger partial charge is 0.276 e. The van der Waals surface area contributed by atoms with Crippen molar-refractivity contribution in [3.63, 3.8) is 0 Å². The molecular formula is C8H6N4O. The Morgan fingerprint density at radius 3 is 2.77 bits per heavy atom. The van der Waals surface area contributed by atoms with Crippen LogP contribution in [0.2, 0.25) is 0 Å². The number of hydrogen-bond acceptors (Lipinski definition) is 4. The van der Waals surface area contributed by atoms with Crippen molar-refractivity contribution in [3.8, 4) is 11.4 Å². The summed E-state index contributed by atoms with van der Waals surface area (Å²) in [5.74, 6) is 0. The molecule has 13 heavy (non-hydrogen) atoms. The number of aromatic amines is 1. The number of hydrogen-bond donors (Lipinski definition) is 1. The number of rotatable bonds is 1. The summed E-state index contributed by atoms with van der Waals surface area (Å²) in [5, 5.41) is 0. The van der Waals surface area contributed by atoms with Crippen LogP contribution in [0.1, 0.15) is 0 Å². The van der Waals surface area contributed by atoms with Crippen LogP contribution in [0.25, 0.3) is 11.4 Å². The quantitative estimate of drug-likeness (QED) is 0.671. The highest BCUT2D eigenvalue weighted by atomic mass is 16.1. The average Bonchev–Trinajstić information content (AvgIpc) is 2.20. The molecule has 64 valence electrons. The minimum atomic E-state index is -0.261. The molecule has 0 aromatic carbocycles. The van der Waals surface area contributed by atoms with Gasteiger partial charge in [-0.2, -0.15) is 0 Å². The second-order valence-corrected chi connectivity index (χ2v) is 2.36. The van der Waals surface area contributed by atoms with E-state index in [1.54, 1.807) is 6.20 Å². The predicted molar refractivity (Wildman–Crippen MR) is 45.9 cm³/mol. The van der Waals surface area contributed by atoms with Gasteiger partial charge >= 0.3 is 0 Å². The van der Waals surface area contributed by atoms with E-state index in [2.05, 4.69) is 19.9 Å². The van der Waals surface area contributed by atoms with E-state index >= 15 is 0 Å². The van der Waals surface area contributed by atoms with Crippen molar-refractivity contribution in [2.45, 2.75) is 0 Å². The van der Waals surface area contributed by atoms with Crippen molar-refractivity contribution in [1.82, 2.24) is 19.9 Å². The summed E-state index contributed by atoms with van der Waals surface area (Å²) in [5.41, 5.74) is 0.503. The normalized spacial score (nSPS) is 9.85. The third-order valence-electron chi connectivity index (χ3n) is 1.51. The van der Waals surface area contributed by atoms with Gasteiger partial charge in [-0.05, 0) is 0 Å². The number of aromatic nitrogens is 4. The lowest BCUT2D eigenvalue weighted by atomic mass is 10.3. The van der Waals surface area contributed by atoms with Gasteiger partial charge in [0, 0.05) is 24.8 Å². The van der Waals surface area contributed by atoms with Gasteiger partial charge in [0.2, 0.25) is 0 Å². The van der Waals surface area contributed by atoms with E-state index in [9.17, 15) is 4.79 Å². The highest BCUT2D eigenvalue weighted by Crippen LogP contribution is 2.03. The summed E-state index contributed by atoms with van der Waals surface area (Å²) in [6, 6.07) is 0. The molecule has 0 fully saturated rings. The van der Waals surface area contributed by atoms with E-state index in [4.69, 9.17) is 0 Å². The molecule has 5 heteroatoms. The summed E-state index contributed by atoms with van der Waals surface area (Å²) in [6.07, 6.45) is 7.54. The first kappa shape index (κ1) is 7.60. The lowest BCUT2D eigenvalue weighted by Crippen LogP contribution is -2.10. The molecule has 0 bridgehead atoms.